The first-order valence-corrected chi connectivity index (χ1v) is 11.3. The minimum absolute atomic E-state index is 0.154. The molecule has 3 aromatic carbocycles. The molecular formula is C22H20ClFN2O3S. The number of nitrogens with zero attached hydrogens (tertiary/aromatic N) is 1. The van der Waals surface area contributed by atoms with Crippen LogP contribution < -0.4 is 9.62 Å². The highest BCUT2D eigenvalue weighted by molar-refractivity contribution is 7.92. The highest BCUT2D eigenvalue weighted by atomic mass is 35.5. The van der Waals surface area contributed by atoms with E-state index < -0.39 is 15.8 Å². The fraction of sp³-hybridized carbons (Fsp3) is 0.136. The molecule has 3 aromatic rings. The van der Waals surface area contributed by atoms with E-state index in [9.17, 15) is 17.6 Å². The normalized spacial score (nSPS) is 11.2. The van der Waals surface area contributed by atoms with Gasteiger partial charge in [-0.25, -0.2) is 12.8 Å². The van der Waals surface area contributed by atoms with Crippen LogP contribution in [-0.4, -0.2) is 20.6 Å². The first kappa shape index (κ1) is 21.8. The third-order valence-corrected chi connectivity index (χ3v) is 6.16. The summed E-state index contributed by atoms with van der Waals surface area (Å²) in [7, 11) is -3.67. The fourth-order valence-electron chi connectivity index (χ4n) is 2.90. The van der Waals surface area contributed by atoms with E-state index in [1.165, 1.54) is 36.4 Å². The summed E-state index contributed by atoms with van der Waals surface area (Å²) in [5.74, 6) is -0.842. The number of benzene rings is 3. The van der Waals surface area contributed by atoms with Crippen LogP contribution in [0.1, 0.15) is 21.5 Å². The number of anilines is 2. The van der Waals surface area contributed by atoms with Crippen molar-refractivity contribution in [3.63, 3.8) is 0 Å². The molecule has 0 aliphatic rings. The molecule has 0 saturated carbocycles. The molecule has 8 heteroatoms. The highest BCUT2D eigenvalue weighted by Gasteiger charge is 2.20. The molecule has 0 heterocycles. The maximum atomic E-state index is 14.0. The van der Waals surface area contributed by atoms with Gasteiger partial charge in [-0.3, -0.25) is 9.10 Å². The molecule has 0 unspecified atom stereocenters. The molecule has 0 atom stereocenters. The van der Waals surface area contributed by atoms with Crippen molar-refractivity contribution in [2.45, 2.75) is 13.5 Å². The molecule has 0 saturated heterocycles. The summed E-state index contributed by atoms with van der Waals surface area (Å²) in [4.78, 5) is 12.6. The van der Waals surface area contributed by atoms with Crippen molar-refractivity contribution in [2.75, 3.05) is 15.9 Å². The van der Waals surface area contributed by atoms with Gasteiger partial charge < -0.3 is 5.32 Å². The lowest BCUT2D eigenvalue weighted by Gasteiger charge is -2.23. The quantitative estimate of drug-likeness (QED) is 0.579. The Kier molecular flexibility index (Phi) is 6.43. The third-order valence-electron chi connectivity index (χ3n) is 4.61. The van der Waals surface area contributed by atoms with Crippen molar-refractivity contribution in [1.82, 2.24) is 0 Å². The summed E-state index contributed by atoms with van der Waals surface area (Å²) >= 11 is 6.08. The van der Waals surface area contributed by atoms with E-state index in [1.807, 2.05) is 0 Å². The van der Waals surface area contributed by atoms with Crippen molar-refractivity contribution in [1.29, 1.82) is 0 Å². The molecule has 5 nitrogen and oxygen atoms in total. The fourth-order valence-corrected chi connectivity index (χ4v) is 3.95. The number of carbonyl (C=O) groups is 1. The van der Waals surface area contributed by atoms with Crippen LogP contribution >= 0.6 is 11.6 Å². The lowest BCUT2D eigenvalue weighted by molar-refractivity contribution is 0.102. The smallest absolute Gasteiger partial charge is 0.255 e. The number of amides is 1. The number of halogens is 2. The molecule has 0 spiro atoms. The van der Waals surface area contributed by atoms with E-state index in [0.29, 0.717) is 22.0 Å². The Balaban J connectivity index is 1.84. The zero-order valence-corrected chi connectivity index (χ0v) is 18.0. The third kappa shape index (κ3) is 4.98. The van der Waals surface area contributed by atoms with E-state index in [2.05, 4.69) is 5.32 Å². The van der Waals surface area contributed by atoms with Gasteiger partial charge in [0.2, 0.25) is 10.0 Å². The van der Waals surface area contributed by atoms with Gasteiger partial charge in [-0.05, 0) is 55.0 Å². The van der Waals surface area contributed by atoms with Gasteiger partial charge in [-0.15, -0.1) is 0 Å². The molecule has 0 bridgehead atoms. The Morgan fingerprint density at radius 3 is 2.33 bits per heavy atom. The van der Waals surface area contributed by atoms with Crippen LogP contribution in [0.3, 0.4) is 0 Å². The van der Waals surface area contributed by atoms with Crippen molar-refractivity contribution >= 4 is 38.9 Å². The number of sulfonamides is 1. The van der Waals surface area contributed by atoms with Crippen LogP contribution in [0, 0.1) is 12.7 Å². The van der Waals surface area contributed by atoms with Crippen LogP contribution in [0.2, 0.25) is 5.02 Å². The number of rotatable bonds is 6. The van der Waals surface area contributed by atoms with Crippen LogP contribution in [0.25, 0.3) is 0 Å². The minimum atomic E-state index is -3.67. The molecule has 3 rings (SSSR count). The average Bonchev–Trinajstić information content (AvgIpc) is 2.70. The van der Waals surface area contributed by atoms with E-state index >= 15 is 0 Å². The molecule has 156 valence electrons. The van der Waals surface area contributed by atoms with Crippen LogP contribution in [0.15, 0.2) is 66.7 Å². The van der Waals surface area contributed by atoms with Gasteiger partial charge in [-0.2, -0.15) is 0 Å². The van der Waals surface area contributed by atoms with Crippen molar-refractivity contribution < 1.29 is 17.6 Å². The Hall–Kier alpha value is -2.90. The van der Waals surface area contributed by atoms with Crippen LogP contribution in [0.4, 0.5) is 15.8 Å². The molecule has 0 fully saturated rings. The maximum absolute atomic E-state index is 14.0. The summed E-state index contributed by atoms with van der Waals surface area (Å²) in [6.07, 6.45) is 1.05. The Labute approximate surface area is 180 Å². The van der Waals surface area contributed by atoms with E-state index in [-0.39, 0.29) is 18.0 Å². The standard InChI is InChI=1S/C22H20ClFN2O3S/c1-15-19(23)7-5-9-21(15)25-22(27)16-10-12-18(13-11-16)26(30(2,28)29)14-17-6-3-4-8-20(17)24/h3-13H,14H2,1-2H3,(H,25,27). The first-order chi connectivity index (χ1) is 14.2. The van der Waals surface area contributed by atoms with Crippen LogP contribution in [0.5, 0.6) is 0 Å². The summed E-state index contributed by atoms with van der Waals surface area (Å²) in [5, 5.41) is 3.33. The van der Waals surface area contributed by atoms with Gasteiger partial charge in [0.25, 0.3) is 5.91 Å². The summed E-state index contributed by atoms with van der Waals surface area (Å²) in [6.45, 7) is 1.65. The average molecular weight is 447 g/mol. The maximum Gasteiger partial charge on any atom is 0.255 e. The molecule has 0 aromatic heterocycles. The van der Waals surface area contributed by atoms with Gasteiger partial charge in [0.1, 0.15) is 5.82 Å². The molecule has 0 aliphatic carbocycles. The summed E-state index contributed by atoms with van der Waals surface area (Å²) in [5.41, 5.74) is 2.26. The summed E-state index contributed by atoms with van der Waals surface area (Å²) < 4.78 is 39.7. The second-order valence-corrected chi connectivity index (χ2v) is 9.09. The van der Waals surface area contributed by atoms with Gasteiger partial charge in [0.05, 0.1) is 18.5 Å². The van der Waals surface area contributed by atoms with E-state index in [1.54, 1.807) is 37.3 Å². The number of carbonyl (C=O) groups excluding carboxylic acids is 1. The Bertz CT molecular complexity index is 1180. The molecule has 0 aliphatic heterocycles. The van der Waals surface area contributed by atoms with Gasteiger partial charge in [0, 0.05) is 21.8 Å². The van der Waals surface area contributed by atoms with Crippen molar-refractivity contribution in [3.05, 3.63) is 94.3 Å². The van der Waals surface area contributed by atoms with Gasteiger partial charge in [-0.1, -0.05) is 35.9 Å². The van der Waals surface area contributed by atoms with Gasteiger partial charge in [0.15, 0.2) is 0 Å². The molecule has 1 N–H and O–H groups in total. The van der Waals surface area contributed by atoms with Crippen molar-refractivity contribution in [3.8, 4) is 0 Å². The predicted molar refractivity (Wildman–Crippen MR) is 118 cm³/mol. The molecule has 1 amide bonds. The topological polar surface area (TPSA) is 66.5 Å². The largest absolute Gasteiger partial charge is 0.322 e. The summed E-state index contributed by atoms with van der Waals surface area (Å²) in [6, 6.07) is 17.3. The number of nitrogens with one attached hydrogen (secondary N) is 1. The first-order valence-electron chi connectivity index (χ1n) is 9.04. The van der Waals surface area contributed by atoms with E-state index in [4.69, 9.17) is 11.6 Å². The lowest BCUT2D eigenvalue weighted by Crippen LogP contribution is -2.29. The monoisotopic (exact) mass is 446 g/mol. The zero-order valence-electron chi connectivity index (χ0n) is 16.4. The van der Waals surface area contributed by atoms with E-state index in [0.717, 1.165) is 16.1 Å². The molecule has 0 radical (unpaired) electrons. The number of hydrogen-bond acceptors (Lipinski definition) is 3. The highest BCUT2D eigenvalue weighted by Crippen LogP contribution is 2.25. The van der Waals surface area contributed by atoms with Crippen LogP contribution in [-0.2, 0) is 16.6 Å². The lowest BCUT2D eigenvalue weighted by atomic mass is 10.1. The second-order valence-electron chi connectivity index (χ2n) is 6.77. The Morgan fingerprint density at radius 2 is 1.70 bits per heavy atom. The zero-order chi connectivity index (χ0) is 21.9. The predicted octanol–water partition coefficient (Wildman–Crippen LogP) is 5.01. The molecular weight excluding hydrogens is 427 g/mol. The second kappa shape index (κ2) is 8.85. The Morgan fingerprint density at radius 1 is 1.03 bits per heavy atom. The SMILES string of the molecule is Cc1c(Cl)cccc1NC(=O)c1ccc(N(Cc2ccccc2F)S(C)(=O)=O)cc1. The van der Waals surface area contributed by atoms with Crippen molar-refractivity contribution in [2.24, 2.45) is 0 Å². The van der Waals surface area contributed by atoms with Gasteiger partial charge >= 0.3 is 0 Å². The number of hydrogen-bond donors (Lipinski definition) is 1. The molecule has 30 heavy (non-hydrogen) atoms. The minimum Gasteiger partial charge on any atom is -0.322 e.